The molecule has 30 heavy (non-hydrogen) atoms. The number of methoxy groups -OCH3 is 2. The van der Waals surface area contributed by atoms with Crippen molar-refractivity contribution in [3.05, 3.63) is 22.8 Å². The van der Waals surface area contributed by atoms with Crippen molar-refractivity contribution in [1.29, 1.82) is 0 Å². The number of aliphatic hydroxyl groups excluding tert-OH is 1. The van der Waals surface area contributed by atoms with Crippen LogP contribution in [0.5, 0.6) is 0 Å². The average molecular weight is 427 g/mol. The third-order valence-electron chi connectivity index (χ3n) is 5.87. The molecule has 0 aromatic carbocycles. The van der Waals surface area contributed by atoms with Crippen LogP contribution >= 0.6 is 0 Å². The number of carbonyl (C=O) groups is 2. The van der Waals surface area contributed by atoms with E-state index in [1.54, 1.807) is 27.0 Å². The van der Waals surface area contributed by atoms with E-state index < -0.39 is 24.6 Å². The molecule has 1 aliphatic heterocycles. The second-order valence-electron chi connectivity index (χ2n) is 7.75. The van der Waals surface area contributed by atoms with Crippen LogP contribution < -0.4 is 0 Å². The first-order valence-corrected chi connectivity index (χ1v) is 10.4. The van der Waals surface area contributed by atoms with Crippen LogP contribution in [0.15, 0.2) is 22.8 Å². The van der Waals surface area contributed by atoms with E-state index in [0.717, 1.165) is 5.57 Å². The van der Waals surface area contributed by atoms with Gasteiger partial charge in [-0.15, -0.1) is 0 Å². The van der Waals surface area contributed by atoms with Gasteiger partial charge in [-0.1, -0.05) is 27.7 Å². The second-order valence-corrected chi connectivity index (χ2v) is 7.75. The smallest absolute Gasteiger partial charge is 0.310 e. The summed E-state index contributed by atoms with van der Waals surface area (Å²) in [5, 5.41) is 9.90. The molecule has 1 heterocycles. The Morgan fingerprint density at radius 1 is 1.10 bits per heavy atom. The fourth-order valence-corrected chi connectivity index (χ4v) is 3.53. The van der Waals surface area contributed by atoms with Crippen molar-refractivity contribution in [2.24, 2.45) is 17.8 Å². The first-order valence-electron chi connectivity index (χ1n) is 10.4. The van der Waals surface area contributed by atoms with E-state index in [9.17, 15) is 14.7 Å². The Hall–Kier alpha value is -1.74. The van der Waals surface area contributed by atoms with E-state index in [2.05, 4.69) is 0 Å². The highest BCUT2D eigenvalue weighted by molar-refractivity contribution is 5.72. The standard InChI is InChI=1S/C22H34O8/c1-7-12(3)19(24)28-11-15-18-16(26-5)9-14(10-23)17(18)22(30-21(15)27-6)29-20(25)13(4)8-2/h9,12-13,16-17,21-23H,7-8,10-11H2,1-6H3/t12-,13-,16+,17+,21+,22+/m0/s1. The summed E-state index contributed by atoms with van der Waals surface area (Å²) in [6.07, 6.45) is 0.760. The first kappa shape index (κ1) is 24.5. The van der Waals surface area contributed by atoms with Gasteiger partial charge in [0.05, 0.1) is 30.5 Å². The molecule has 2 aliphatic rings. The second kappa shape index (κ2) is 11.0. The summed E-state index contributed by atoms with van der Waals surface area (Å²) in [5.41, 5.74) is 1.96. The van der Waals surface area contributed by atoms with Crippen molar-refractivity contribution in [1.82, 2.24) is 0 Å². The molecule has 0 saturated heterocycles. The quantitative estimate of drug-likeness (QED) is 0.420. The topological polar surface area (TPSA) is 101 Å². The van der Waals surface area contributed by atoms with Crippen molar-refractivity contribution >= 4 is 11.9 Å². The zero-order valence-corrected chi connectivity index (χ0v) is 18.7. The average Bonchev–Trinajstić information content (AvgIpc) is 3.15. The summed E-state index contributed by atoms with van der Waals surface area (Å²) in [6.45, 7) is 7.12. The molecule has 0 aromatic rings. The Morgan fingerprint density at radius 2 is 1.73 bits per heavy atom. The molecular formula is C22H34O8. The summed E-state index contributed by atoms with van der Waals surface area (Å²) >= 11 is 0. The third-order valence-corrected chi connectivity index (χ3v) is 5.87. The van der Waals surface area contributed by atoms with Gasteiger partial charge in [0.2, 0.25) is 6.29 Å². The van der Waals surface area contributed by atoms with Crippen LogP contribution in [-0.2, 0) is 33.3 Å². The van der Waals surface area contributed by atoms with E-state index in [1.165, 1.54) is 7.11 Å². The van der Waals surface area contributed by atoms with E-state index in [1.807, 2.05) is 13.8 Å². The van der Waals surface area contributed by atoms with Gasteiger partial charge < -0.3 is 28.8 Å². The van der Waals surface area contributed by atoms with Crippen LogP contribution in [0.25, 0.3) is 0 Å². The van der Waals surface area contributed by atoms with Gasteiger partial charge in [0.25, 0.3) is 0 Å². The minimum Gasteiger partial charge on any atom is -0.461 e. The largest absolute Gasteiger partial charge is 0.461 e. The van der Waals surface area contributed by atoms with E-state index in [-0.39, 0.29) is 37.0 Å². The highest BCUT2D eigenvalue weighted by Crippen LogP contribution is 2.44. The molecule has 0 aromatic heterocycles. The van der Waals surface area contributed by atoms with Gasteiger partial charge >= 0.3 is 11.9 Å². The molecular weight excluding hydrogens is 392 g/mol. The Bertz CT molecular complexity index is 683. The lowest BCUT2D eigenvalue weighted by molar-refractivity contribution is -0.243. The molecule has 1 aliphatic carbocycles. The van der Waals surface area contributed by atoms with Crippen LogP contribution in [-0.4, -0.2) is 63.2 Å². The predicted molar refractivity (Wildman–Crippen MR) is 108 cm³/mol. The maximum Gasteiger partial charge on any atom is 0.310 e. The highest BCUT2D eigenvalue weighted by atomic mass is 16.8. The fraction of sp³-hybridized carbons (Fsp3) is 0.727. The number of aliphatic hydroxyl groups is 1. The Labute approximate surface area is 178 Å². The summed E-state index contributed by atoms with van der Waals surface area (Å²) in [7, 11) is 3.01. The third kappa shape index (κ3) is 5.11. The maximum absolute atomic E-state index is 12.4. The Balaban J connectivity index is 2.39. The normalized spacial score (nSPS) is 27.9. The van der Waals surface area contributed by atoms with Crippen LogP contribution in [0.3, 0.4) is 0 Å². The molecule has 0 amide bonds. The van der Waals surface area contributed by atoms with Crippen molar-refractivity contribution in [3.63, 3.8) is 0 Å². The molecule has 0 spiro atoms. The molecule has 2 rings (SSSR count). The molecule has 0 fully saturated rings. The summed E-state index contributed by atoms with van der Waals surface area (Å²) < 4.78 is 28.2. The van der Waals surface area contributed by atoms with Crippen LogP contribution in [0.4, 0.5) is 0 Å². The lowest BCUT2D eigenvalue weighted by atomic mass is 9.88. The molecule has 0 unspecified atom stereocenters. The molecule has 0 saturated carbocycles. The first-order chi connectivity index (χ1) is 14.3. The van der Waals surface area contributed by atoms with Crippen molar-refractivity contribution < 1.29 is 38.4 Å². The van der Waals surface area contributed by atoms with Crippen molar-refractivity contribution in [3.8, 4) is 0 Å². The van der Waals surface area contributed by atoms with Gasteiger partial charge in [0.1, 0.15) is 6.61 Å². The van der Waals surface area contributed by atoms with Gasteiger partial charge in [-0.05, 0) is 30.1 Å². The molecule has 0 radical (unpaired) electrons. The summed E-state index contributed by atoms with van der Waals surface area (Å²) in [5.74, 6) is -1.75. The Morgan fingerprint density at radius 3 is 2.27 bits per heavy atom. The molecule has 1 N–H and O–H groups in total. The van der Waals surface area contributed by atoms with E-state index >= 15 is 0 Å². The van der Waals surface area contributed by atoms with Crippen LogP contribution in [0.1, 0.15) is 40.5 Å². The number of rotatable bonds is 10. The number of hydrogen-bond donors (Lipinski definition) is 1. The van der Waals surface area contributed by atoms with Crippen molar-refractivity contribution in [2.45, 2.75) is 59.2 Å². The van der Waals surface area contributed by atoms with E-state index in [4.69, 9.17) is 23.7 Å². The molecule has 8 heteroatoms. The lowest BCUT2D eigenvalue weighted by Gasteiger charge is -2.38. The fourth-order valence-electron chi connectivity index (χ4n) is 3.53. The molecule has 0 bridgehead atoms. The van der Waals surface area contributed by atoms with Gasteiger partial charge in [-0.3, -0.25) is 9.59 Å². The Kier molecular flexibility index (Phi) is 9.03. The van der Waals surface area contributed by atoms with E-state index in [0.29, 0.717) is 24.0 Å². The predicted octanol–water partition coefficient (Wildman–Crippen LogP) is 2.35. The van der Waals surface area contributed by atoms with Gasteiger partial charge in [0, 0.05) is 19.8 Å². The minimum atomic E-state index is -0.973. The number of ether oxygens (including phenoxy) is 5. The minimum absolute atomic E-state index is 0.0358. The zero-order valence-electron chi connectivity index (χ0n) is 18.7. The summed E-state index contributed by atoms with van der Waals surface area (Å²) in [6, 6.07) is 0. The van der Waals surface area contributed by atoms with Crippen LogP contribution in [0.2, 0.25) is 0 Å². The molecule has 6 atom stereocenters. The summed E-state index contributed by atoms with van der Waals surface area (Å²) in [4.78, 5) is 24.6. The SMILES string of the molecule is CC[C@H](C)C(=O)OCC1=C2[C@@H](C(CO)=C[C@H]2OC)[C@H](OC(=O)[C@@H](C)CC)O[C@H]1OC. The lowest BCUT2D eigenvalue weighted by Crippen LogP contribution is -2.44. The number of hydrogen-bond acceptors (Lipinski definition) is 8. The number of esters is 2. The number of carbonyl (C=O) groups excluding carboxylic acids is 2. The zero-order chi connectivity index (χ0) is 22.4. The molecule has 170 valence electrons. The van der Waals surface area contributed by atoms with Crippen molar-refractivity contribution in [2.75, 3.05) is 27.4 Å². The van der Waals surface area contributed by atoms with Gasteiger partial charge in [-0.2, -0.15) is 0 Å². The maximum atomic E-state index is 12.4. The van der Waals surface area contributed by atoms with Crippen LogP contribution in [0, 0.1) is 17.8 Å². The highest BCUT2D eigenvalue weighted by Gasteiger charge is 2.48. The van der Waals surface area contributed by atoms with Gasteiger partial charge in [-0.25, -0.2) is 0 Å². The van der Waals surface area contributed by atoms with Gasteiger partial charge in [0.15, 0.2) is 6.29 Å². The molecule has 8 nitrogen and oxygen atoms in total. The number of fused-ring (bicyclic) bond motifs is 1. The monoisotopic (exact) mass is 426 g/mol.